The van der Waals surface area contributed by atoms with Gasteiger partial charge in [0.25, 0.3) is 0 Å². The molecule has 80 valence electrons. The maximum atomic E-state index is 10.9. The van der Waals surface area contributed by atoms with Gasteiger partial charge in [-0.25, -0.2) is 0 Å². The SMILES string of the molecule is Cc1ccc([C@@H]2CNC(=O)CO2)cc1Br. The van der Waals surface area contributed by atoms with Crippen molar-refractivity contribution in [2.45, 2.75) is 13.0 Å². The van der Waals surface area contributed by atoms with E-state index in [0.29, 0.717) is 6.54 Å². The number of ether oxygens (including phenoxy) is 1. The maximum Gasteiger partial charge on any atom is 0.246 e. The smallest absolute Gasteiger partial charge is 0.246 e. The van der Waals surface area contributed by atoms with Gasteiger partial charge >= 0.3 is 0 Å². The standard InChI is InChI=1S/C11H12BrNO2/c1-7-2-3-8(4-9(7)12)10-5-13-11(14)6-15-10/h2-4,10H,5-6H2,1H3,(H,13,14)/t10-/m0/s1. The molecule has 1 N–H and O–H groups in total. The number of benzene rings is 1. The molecule has 0 unspecified atom stereocenters. The van der Waals surface area contributed by atoms with Crippen LogP contribution in [0.1, 0.15) is 17.2 Å². The number of carbonyl (C=O) groups is 1. The molecule has 1 amide bonds. The first-order chi connectivity index (χ1) is 7.16. The summed E-state index contributed by atoms with van der Waals surface area (Å²) >= 11 is 3.48. The van der Waals surface area contributed by atoms with Gasteiger partial charge < -0.3 is 10.1 Å². The molecule has 0 aromatic heterocycles. The number of aryl methyl sites for hydroxylation is 1. The van der Waals surface area contributed by atoms with Crippen LogP contribution in [0.5, 0.6) is 0 Å². The highest BCUT2D eigenvalue weighted by Crippen LogP contribution is 2.24. The Balaban J connectivity index is 2.16. The van der Waals surface area contributed by atoms with E-state index in [9.17, 15) is 4.79 Å². The molecule has 1 aliphatic rings. The number of halogens is 1. The second-order valence-corrected chi connectivity index (χ2v) is 4.47. The zero-order valence-corrected chi connectivity index (χ0v) is 10.0. The van der Waals surface area contributed by atoms with Crippen LogP contribution in [0.3, 0.4) is 0 Å². The quantitative estimate of drug-likeness (QED) is 0.847. The lowest BCUT2D eigenvalue weighted by molar-refractivity contribution is -0.133. The molecule has 1 aliphatic heterocycles. The average molecular weight is 270 g/mol. The topological polar surface area (TPSA) is 38.3 Å². The van der Waals surface area contributed by atoms with Crippen molar-refractivity contribution in [1.82, 2.24) is 5.32 Å². The number of hydrogen-bond donors (Lipinski definition) is 1. The Bertz CT molecular complexity index is 382. The predicted molar refractivity (Wildman–Crippen MR) is 60.6 cm³/mol. The summed E-state index contributed by atoms with van der Waals surface area (Å²) in [7, 11) is 0. The normalized spacial score (nSPS) is 21.2. The minimum Gasteiger partial charge on any atom is -0.362 e. The summed E-state index contributed by atoms with van der Waals surface area (Å²) < 4.78 is 6.51. The van der Waals surface area contributed by atoms with Gasteiger partial charge in [-0.3, -0.25) is 4.79 Å². The number of hydrogen-bond acceptors (Lipinski definition) is 2. The third kappa shape index (κ3) is 2.38. The largest absolute Gasteiger partial charge is 0.362 e. The van der Waals surface area contributed by atoms with Crippen LogP contribution in [0.4, 0.5) is 0 Å². The Hall–Kier alpha value is -0.870. The number of nitrogens with one attached hydrogen (secondary N) is 1. The van der Waals surface area contributed by atoms with Crippen LogP contribution >= 0.6 is 15.9 Å². The fraction of sp³-hybridized carbons (Fsp3) is 0.364. The van der Waals surface area contributed by atoms with Gasteiger partial charge in [-0.1, -0.05) is 28.1 Å². The zero-order valence-electron chi connectivity index (χ0n) is 8.42. The molecular formula is C11H12BrNO2. The second-order valence-electron chi connectivity index (χ2n) is 3.61. The van der Waals surface area contributed by atoms with Crippen molar-refractivity contribution in [2.24, 2.45) is 0 Å². The minimum atomic E-state index is -0.0440. The van der Waals surface area contributed by atoms with Crippen LogP contribution in [-0.4, -0.2) is 19.1 Å². The number of carbonyl (C=O) groups excluding carboxylic acids is 1. The molecule has 3 nitrogen and oxygen atoms in total. The first kappa shape index (κ1) is 10.6. The predicted octanol–water partition coefficient (Wildman–Crippen LogP) is 1.95. The molecule has 1 saturated heterocycles. The molecule has 0 bridgehead atoms. The molecule has 1 aromatic rings. The van der Waals surface area contributed by atoms with Crippen LogP contribution in [0.2, 0.25) is 0 Å². The third-order valence-corrected chi connectivity index (χ3v) is 3.32. The Morgan fingerprint density at radius 1 is 1.53 bits per heavy atom. The van der Waals surface area contributed by atoms with Crippen LogP contribution in [0.25, 0.3) is 0 Å². The van der Waals surface area contributed by atoms with Gasteiger partial charge in [-0.05, 0) is 24.1 Å². The summed E-state index contributed by atoms with van der Waals surface area (Å²) in [6.45, 7) is 2.74. The van der Waals surface area contributed by atoms with Crippen molar-refractivity contribution in [2.75, 3.05) is 13.2 Å². The molecule has 0 aliphatic carbocycles. The first-order valence-corrected chi connectivity index (χ1v) is 5.60. The van der Waals surface area contributed by atoms with Gasteiger partial charge in [-0.2, -0.15) is 0 Å². The van der Waals surface area contributed by atoms with Crippen molar-refractivity contribution in [3.8, 4) is 0 Å². The van der Waals surface area contributed by atoms with Crippen LogP contribution in [0, 0.1) is 6.92 Å². The molecule has 2 rings (SSSR count). The van der Waals surface area contributed by atoms with Gasteiger partial charge in [-0.15, -0.1) is 0 Å². The highest BCUT2D eigenvalue weighted by atomic mass is 79.9. The fourth-order valence-corrected chi connectivity index (χ4v) is 1.91. The monoisotopic (exact) mass is 269 g/mol. The summed E-state index contributed by atoms with van der Waals surface area (Å²) in [5, 5.41) is 2.79. The molecule has 1 fully saturated rings. The van der Waals surface area contributed by atoms with E-state index in [2.05, 4.69) is 21.2 Å². The molecule has 4 heteroatoms. The molecule has 1 atom stereocenters. The summed E-state index contributed by atoms with van der Waals surface area (Å²) in [6.07, 6.45) is -0.0281. The Kier molecular flexibility index (Phi) is 3.07. The summed E-state index contributed by atoms with van der Waals surface area (Å²) in [4.78, 5) is 10.9. The van der Waals surface area contributed by atoms with Crippen molar-refractivity contribution < 1.29 is 9.53 Å². The minimum absolute atomic E-state index is 0.0281. The second kappa shape index (κ2) is 4.33. The molecular weight excluding hydrogens is 258 g/mol. The average Bonchev–Trinajstić information content (AvgIpc) is 2.23. The lowest BCUT2D eigenvalue weighted by Gasteiger charge is -2.23. The number of rotatable bonds is 1. The van der Waals surface area contributed by atoms with Gasteiger partial charge in [0.15, 0.2) is 0 Å². The van der Waals surface area contributed by atoms with Gasteiger partial charge in [0.1, 0.15) is 12.7 Å². The first-order valence-electron chi connectivity index (χ1n) is 4.81. The van der Waals surface area contributed by atoms with E-state index >= 15 is 0 Å². The van der Waals surface area contributed by atoms with Crippen LogP contribution in [-0.2, 0) is 9.53 Å². The summed E-state index contributed by atoms with van der Waals surface area (Å²) in [5.41, 5.74) is 2.28. The van der Waals surface area contributed by atoms with E-state index in [4.69, 9.17) is 4.74 Å². The van der Waals surface area contributed by atoms with Crippen LogP contribution in [0.15, 0.2) is 22.7 Å². The lowest BCUT2D eigenvalue weighted by atomic mass is 10.1. The highest BCUT2D eigenvalue weighted by Gasteiger charge is 2.20. The molecule has 0 radical (unpaired) electrons. The van der Waals surface area contributed by atoms with E-state index < -0.39 is 0 Å². The Morgan fingerprint density at radius 2 is 2.33 bits per heavy atom. The molecule has 0 saturated carbocycles. The molecule has 1 heterocycles. The van der Waals surface area contributed by atoms with Crippen molar-refractivity contribution in [3.63, 3.8) is 0 Å². The van der Waals surface area contributed by atoms with Crippen molar-refractivity contribution in [1.29, 1.82) is 0 Å². The van der Waals surface area contributed by atoms with Crippen LogP contribution < -0.4 is 5.32 Å². The Labute approximate surface area is 96.9 Å². The number of amides is 1. The fourth-order valence-electron chi connectivity index (χ4n) is 1.52. The Morgan fingerprint density at radius 3 is 2.93 bits per heavy atom. The summed E-state index contributed by atoms with van der Waals surface area (Å²) in [5.74, 6) is -0.0440. The van der Waals surface area contributed by atoms with Crippen molar-refractivity contribution in [3.05, 3.63) is 33.8 Å². The third-order valence-electron chi connectivity index (χ3n) is 2.47. The lowest BCUT2D eigenvalue weighted by Crippen LogP contribution is -2.38. The van der Waals surface area contributed by atoms with Crippen molar-refractivity contribution >= 4 is 21.8 Å². The highest BCUT2D eigenvalue weighted by molar-refractivity contribution is 9.10. The maximum absolute atomic E-state index is 10.9. The summed E-state index contributed by atoms with van der Waals surface area (Å²) in [6, 6.07) is 6.11. The molecule has 15 heavy (non-hydrogen) atoms. The molecule has 0 spiro atoms. The van der Waals surface area contributed by atoms with E-state index in [-0.39, 0.29) is 18.6 Å². The van der Waals surface area contributed by atoms with E-state index in [1.165, 1.54) is 5.56 Å². The number of morpholine rings is 1. The van der Waals surface area contributed by atoms with E-state index in [0.717, 1.165) is 10.0 Å². The van der Waals surface area contributed by atoms with E-state index in [1.807, 2.05) is 25.1 Å². The van der Waals surface area contributed by atoms with Gasteiger partial charge in [0.05, 0.1) is 0 Å². The molecule has 1 aromatic carbocycles. The van der Waals surface area contributed by atoms with Gasteiger partial charge in [0.2, 0.25) is 5.91 Å². The van der Waals surface area contributed by atoms with E-state index in [1.54, 1.807) is 0 Å². The van der Waals surface area contributed by atoms with Gasteiger partial charge in [0, 0.05) is 11.0 Å². The zero-order chi connectivity index (χ0) is 10.8.